The molecule has 6 nitrogen and oxygen atoms in total. The van der Waals surface area contributed by atoms with Gasteiger partial charge in [-0.3, -0.25) is 0 Å². The van der Waals surface area contributed by atoms with Gasteiger partial charge in [0.05, 0.1) is 65.6 Å². The lowest BCUT2D eigenvalue weighted by Crippen LogP contribution is -2.21. The van der Waals surface area contributed by atoms with E-state index in [-0.39, 0.29) is 12.7 Å². The molecule has 0 bridgehead atoms. The van der Waals surface area contributed by atoms with Crippen LogP contribution in [0.15, 0.2) is 0 Å². The number of unbranched alkanes of at least 4 members (excludes halogenated alkanes) is 1. The molecule has 0 aliphatic heterocycles. The minimum atomic E-state index is -0.380. The van der Waals surface area contributed by atoms with E-state index in [0.29, 0.717) is 58.8 Å². The lowest BCUT2D eigenvalue weighted by Gasteiger charge is -2.18. The second-order valence-corrected chi connectivity index (χ2v) is 5.94. The Morgan fingerprint density at radius 3 is 1.83 bits per heavy atom. The topological polar surface area (TPSA) is 77.4 Å². The first kappa shape index (κ1) is 23.8. The molecule has 2 N–H and O–H groups in total. The fourth-order valence-electron chi connectivity index (χ4n) is 2.38. The molecule has 24 heavy (non-hydrogen) atoms. The highest BCUT2D eigenvalue weighted by Gasteiger charge is 2.12. The molecule has 0 heterocycles. The highest BCUT2D eigenvalue weighted by atomic mass is 16.6. The molecule has 0 rings (SSSR count). The summed E-state index contributed by atoms with van der Waals surface area (Å²) in [6.07, 6.45) is 5.19. The van der Waals surface area contributed by atoms with E-state index in [1.54, 1.807) is 0 Å². The average molecular weight is 350 g/mol. The Bertz CT molecular complexity index is 240. The van der Waals surface area contributed by atoms with Crippen molar-refractivity contribution in [3.05, 3.63) is 0 Å². The monoisotopic (exact) mass is 350 g/mol. The number of aliphatic hydroxyl groups excluding tert-OH is 2. The molecule has 6 heteroatoms. The zero-order valence-corrected chi connectivity index (χ0v) is 15.6. The number of aliphatic hydroxyl groups is 2. The summed E-state index contributed by atoms with van der Waals surface area (Å²) in [5.41, 5.74) is 0. The molecule has 0 aliphatic carbocycles. The van der Waals surface area contributed by atoms with Crippen molar-refractivity contribution >= 4 is 0 Å². The molecule has 2 atom stereocenters. The van der Waals surface area contributed by atoms with E-state index >= 15 is 0 Å². The van der Waals surface area contributed by atoms with Crippen molar-refractivity contribution in [2.75, 3.05) is 59.5 Å². The number of ether oxygens (including phenoxy) is 4. The van der Waals surface area contributed by atoms with Crippen LogP contribution in [0.2, 0.25) is 0 Å². The van der Waals surface area contributed by atoms with E-state index in [1.807, 2.05) is 0 Å². The van der Waals surface area contributed by atoms with E-state index in [0.717, 1.165) is 12.8 Å². The SMILES string of the molecule is CCCCC(CC)CC(O)COCCOCCOCCOCCO. The van der Waals surface area contributed by atoms with E-state index < -0.39 is 0 Å². The molecule has 0 saturated heterocycles. The summed E-state index contributed by atoms with van der Waals surface area (Å²) in [5.74, 6) is 0.596. The maximum absolute atomic E-state index is 10.00. The van der Waals surface area contributed by atoms with Crippen LogP contribution >= 0.6 is 0 Å². The zero-order chi connectivity index (χ0) is 17.9. The summed E-state index contributed by atoms with van der Waals surface area (Å²) >= 11 is 0. The Labute approximate surface area is 147 Å². The normalized spacial score (nSPS) is 14.0. The van der Waals surface area contributed by atoms with E-state index in [4.69, 9.17) is 24.1 Å². The summed E-state index contributed by atoms with van der Waals surface area (Å²) in [6, 6.07) is 0. The van der Waals surface area contributed by atoms with E-state index in [9.17, 15) is 5.11 Å². The number of hydrogen-bond donors (Lipinski definition) is 2. The van der Waals surface area contributed by atoms with Gasteiger partial charge in [0.1, 0.15) is 0 Å². The predicted molar refractivity (Wildman–Crippen MR) is 94.3 cm³/mol. The fourth-order valence-corrected chi connectivity index (χ4v) is 2.38. The smallest absolute Gasteiger partial charge is 0.0776 e. The quantitative estimate of drug-likeness (QED) is 0.347. The van der Waals surface area contributed by atoms with Gasteiger partial charge in [-0.25, -0.2) is 0 Å². The lowest BCUT2D eigenvalue weighted by atomic mass is 9.93. The second-order valence-electron chi connectivity index (χ2n) is 5.94. The molecule has 0 saturated carbocycles. The average Bonchev–Trinajstić information content (AvgIpc) is 2.59. The third kappa shape index (κ3) is 16.6. The molecule has 0 aliphatic rings. The molecule has 0 spiro atoms. The summed E-state index contributed by atoms with van der Waals surface area (Å²) in [5, 5.41) is 18.5. The molecular weight excluding hydrogens is 312 g/mol. The standard InChI is InChI=1S/C18H38O6/c1-3-5-6-17(4-2)15-18(20)16-24-14-13-23-12-11-22-10-9-21-8-7-19/h17-20H,3-16H2,1-2H3. The molecule has 0 aromatic carbocycles. The van der Waals surface area contributed by atoms with Gasteiger partial charge in [-0.1, -0.05) is 39.5 Å². The predicted octanol–water partition coefficient (Wildman–Crippen LogP) is 2.01. The zero-order valence-electron chi connectivity index (χ0n) is 15.6. The van der Waals surface area contributed by atoms with Gasteiger partial charge in [0.25, 0.3) is 0 Å². The van der Waals surface area contributed by atoms with Crippen molar-refractivity contribution in [1.29, 1.82) is 0 Å². The minimum absolute atomic E-state index is 0.0374. The van der Waals surface area contributed by atoms with Crippen molar-refractivity contribution < 1.29 is 29.2 Å². The van der Waals surface area contributed by atoms with Crippen LogP contribution in [0, 0.1) is 5.92 Å². The first-order valence-corrected chi connectivity index (χ1v) is 9.34. The van der Waals surface area contributed by atoms with Crippen LogP contribution < -0.4 is 0 Å². The molecule has 0 fully saturated rings. The maximum atomic E-state index is 10.00. The van der Waals surface area contributed by atoms with Crippen LogP contribution in [0.25, 0.3) is 0 Å². The summed E-state index contributed by atoms with van der Waals surface area (Å²) in [6.45, 7) is 8.15. The summed E-state index contributed by atoms with van der Waals surface area (Å²) in [4.78, 5) is 0. The van der Waals surface area contributed by atoms with E-state index in [1.165, 1.54) is 19.3 Å². The van der Waals surface area contributed by atoms with E-state index in [2.05, 4.69) is 13.8 Å². The fraction of sp³-hybridized carbons (Fsp3) is 1.00. The van der Waals surface area contributed by atoms with Gasteiger partial charge in [0, 0.05) is 0 Å². The van der Waals surface area contributed by atoms with Crippen LogP contribution in [0.5, 0.6) is 0 Å². The second kappa shape index (κ2) is 19.1. The first-order chi connectivity index (χ1) is 11.7. The van der Waals surface area contributed by atoms with Crippen LogP contribution in [0.4, 0.5) is 0 Å². The summed E-state index contributed by atoms with van der Waals surface area (Å²) in [7, 11) is 0. The summed E-state index contributed by atoms with van der Waals surface area (Å²) < 4.78 is 21.2. The van der Waals surface area contributed by atoms with Gasteiger partial charge in [0.2, 0.25) is 0 Å². The third-order valence-corrected chi connectivity index (χ3v) is 3.81. The van der Waals surface area contributed by atoms with Gasteiger partial charge in [0.15, 0.2) is 0 Å². The first-order valence-electron chi connectivity index (χ1n) is 9.34. The van der Waals surface area contributed by atoms with Gasteiger partial charge in [-0.2, -0.15) is 0 Å². The molecule has 146 valence electrons. The Morgan fingerprint density at radius 1 is 0.792 bits per heavy atom. The van der Waals surface area contributed by atoms with Crippen LogP contribution in [0.3, 0.4) is 0 Å². The Balaban J connectivity index is 3.30. The molecule has 0 aromatic heterocycles. The van der Waals surface area contributed by atoms with Crippen molar-refractivity contribution in [1.82, 2.24) is 0 Å². The largest absolute Gasteiger partial charge is 0.394 e. The minimum Gasteiger partial charge on any atom is -0.394 e. The van der Waals surface area contributed by atoms with Gasteiger partial charge in [-0.05, 0) is 12.3 Å². The van der Waals surface area contributed by atoms with Crippen LogP contribution in [-0.4, -0.2) is 75.8 Å². The lowest BCUT2D eigenvalue weighted by molar-refractivity contribution is -0.0220. The van der Waals surface area contributed by atoms with Crippen molar-refractivity contribution in [3.8, 4) is 0 Å². The van der Waals surface area contributed by atoms with Gasteiger partial charge >= 0.3 is 0 Å². The Hall–Kier alpha value is -0.240. The molecule has 0 aromatic rings. The van der Waals surface area contributed by atoms with Gasteiger partial charge < -0.3 is 29.2 Å². The molecule has 2 unspecified atom stereocenters. The highest BCUT2D eigenvalue weighted by molar-refractivity contribution is 4.64. The molecule has 0 radical (unpaired) electrons. The Morgan fingerprint density at radius 2 is 1.33 bits per heavy atom. The maximum Gasteiger partial charge on any atom is 0.0776 e. The van der Waals surface area contributed by atoms with Crippen LogP contribution in [0.1, 0.15) is 46.0 Å². The molecular formula is C18H38O6. The third-order valence-electron chi connectivity index (χ3n) is 3.81. The van der Waals surface area contributed by atoms with Crippen LogP contribution in [-0.2, 0) is 18.9 Å². The molecule has 0 amide bonds. The Kier molecular flexibility index (Phi) is 18.9. The van der Waals surface area contributed by atoms with Crippen molar-refractivity contribution in [2.24, 2.45) is 5.92 Å². The highest BCUT2D eigenvalue weighted by Crippen LogP contribution is 2.18. The van der Waals surface area contributed by atoms with Crippen molar-refractivity contribution in [2.45, 2.75) is 52.1 Å². The number of rotatable bonds is 19. The van der Waals surface area contributed by atoms with Crippen molar-refractivity contribution in [3.63, 3.8) is 0 Å². The van der Waals surface area contributed by atoms with Gasteiger partial charge in [-0.15, -0.1) is 0 Å². The number of hydrogen-bond acceptors (Lipinski definition) is 6.